The number of benzene rings is 1. The van der Waals surface area contributed by atoms with Crippen LogP contribution in [0.5, 0.6) is 0 Å². The number of halogens is 2. The van der Waals surface area contributed by atoms with Crippen molar-refractivity contribution in [1.82, 2.24) is 9.62 Å². The van der Waals surface area contributed by atoms with Crippen LogP contribution >= 0.6 is 23.2 Å². The van der Waals surface area contributed by atoms with Crippen LogP contribution in [0.25, 0.3) is 0 Å². The quantitative estimate of drug-likeness (QED) is 0.450. The lowest BCUT2D eigenvalue weighted by atomic mass is 9.74. The minimum absolute atomic E-state index is 0.104. The number of likely N-dealkylation sites (tertiary alicyclic amines) is 1. The second kappa shape index (κ2) is 11.9. The molecule has 7 nitrogen and oxygen atoms in total. The van der Waals surface area contributed by atoms with Crippen molar-refractivity contribution in [2.24, 2.45) is 11.7 Å². The molecule has 1 aliphatic heterocycles. The normalized spacial score (nSPS) is 22.1. The van der Waals surface area contributed by atoms with Crippen molar-refractivity contribution >= 4 is 33.2 Å². The third-order valence-corrected chi connectivity index (χ3v) is 7.73. The van der Waals surface area contributed by atoms with Gasteiger partial charge in [0.05, 0.1) is 31.3 Å². The van der Waals surface area contributed by atoms with Crippen molar-refractivity contribution in [1.29, 1.82) is 0 Å². The first-order valence-corrected chi connectivity index (χ1v) is 12.9. The van der Waals surface area contributed by atoms with Gasteiger partial charge in [0.25, 0.3) is 0 Å². The van der Waals surface area contributed by atoms with Crippen LogP contribution in [-0.4, -0.2) is 73.0 Å². The molecule has 2 aliphatic rings. The number of hydrogen-bond acceptors (Lipinski definition) is 6. The Morgan fingerprint density at radius 3 is 2.66 bits per heavy atom. The van der Waals surface area contributed by atoms with E-state index in [1.165, 1.54) is 0 Å². The number of fused-ring (bicyclic) bond motifs is 1. The van der Waals surface area contributed by atoms with Crippen LogP contribution in [0.1, 0.15) is 17.9 Å². The molecule has 0 saturated carbocycles. The molecule has 1 saturated heterocycles. The van der Waals surface area contributed by atoms with Gasteiger partial charge in [-0.1, -0.05) is 35.3 Å². The highest BCUT2D eigenvalue weighted by Crippen LogP contribution is 2.45. The van der Waals surface area contributed by atoms with Crippen LogP contribution in [-0.2, 0) is 19.5 Å². The van der Waals surface area contributed by atoms with Gasteiger partial charge in [0.15, 0.2) is 0 Å². The van der Waals surface area contributed by atoms with E-state index >= 15 is 0 Å². The third-order valence-electron chi connectivity index (χ3n) is 5.66. The van der Waals surface area contributed by atoms with Crippen LogP contribution in [0, 0.1) is 5.92 Å². The van der Waals surface area contributed by atoms with Crippen molar-refractivity contribution in [3.05, 3.63) is 51.5 Å². The number of nitrogens with one attached hydrogen (secondary N) is 1. The third kappa shape index (κ3) is 6.77. The van der Waals surface area contributed by atoms with E-state index in [4.69, 9.17) is 38.4 Å². The van der Waals surface area contributed by atoms with Crippen molar-refractivity contribution in [3.8, 4) is 0 Å². The summed E-state index contributed by atoms with van der Waals surface area (Å²) >= 11 is 12.8. The second-order valence-corrected chi connectivity index (χ2v) is 10.7. The van der Waals surface area contributed by atoms with Crippen molar-refractivity contribution in [2.45, 2.75) is 17.2 Å². The smallest absolute Gasteiger partial charge is 0.240 e. The van der Waals surface area contributed by atoms with E-state index in [9.17, 15) is 8.42 Å². The number of rotatable bonds is 11. The molecule has 1 heterocycles. The van der Waals surface area contributed by atoms with Gasteiger partial charge in [0.2, 0.25) is 10.0 Å². The Morgan fingerprint density at radius 2 is 1.91 bits per heavy atom. The number of likely N-dealkylation sites (N-methyl/N-ethyl adjacent to an activating group) is 1. The minimum Gasteiger partial charge on any atom is -0.378 e. The Morgan fingerprint density at radius 1 is 1.16 bits per heavy atom. The monoisotopic (exact) mass is 503 g/mol. The average molecular weight is 504 g/mol. The highest BCUT2D eigenvalue weighted by molar-refractivity contribution is 7.89. The van der Waals surface area contributed by atoms with E-state index in [0.717, 1.165) is 29.3 Å². The molecule has 32 heavy (non-hydrogen) atoms. The summed E-state index contributed by atoms with van der Waals surface area (Å²) in [4.78, 5) is 2.45. The highest BCUT2D eigenvalue weighted by Gasteiger charge is 2.36. The van der Waals surface area contributed by atoms with Gasteiger partial charge in [0, 0.05) is 42.2 Å². The maximum atomic E-state index is 12.8. The maximum Gasteiger partial charge on any atom is 0.240 e. The number of allylic oxidation sites excluding steroid dienone is 3. The maximum absolute atomic E-state index is 12.8. The molecule has 178 valence electrons. The Balaban J connectivity index is 1.65. The van der Waals surface area contributed by atoms with Gasteiger partial charge in [-0.15, -0.1) is 0 Å². The molecule has 1 aromatic carbocycles. The van der Waals surface area contributed by atoms with Crippen LogP contribution in [0.15, 0.2) is 50.9 Å². The Kier molecular flexibility index (Phi) is 9.57. The van der Waals surface area contributed by atoms with Crippen LogP contribution < -0.4 is 10.5 Å². The number of ether oxygens (including phenoxy) is 2. The first kappa shape index (κ1) is 25.6. The van der Waals surface area contributed by atoms with E-state index in [2.05, 4.69) is 9.62 Å². The first-order chi connectivity index (χ1) is 15.3. The van der Waals surface area contributed by atoms with Gasteiger partial charge < -0.3 is 20.1 Å². The Bertz CT molecular complexity index is 952. The predicted molar refractivity (Wildman–Crippen MR) is 127 cm³/mol. The molecule has 1 unspecified atom stereocenters. The number of hydrogen-bond donors (Lipinski definition) is 2. The second-order valence-electron chi connectivity index (χ2n) is 8.06. The lowest BCUT2D eigenvalue weighted by Gasteiger charge is -2.41. The molecule has 1 aliphatic carbocycles. The van der Waals surface area contributed by atoms with Gasteiger partial charge in [0.1, 0.15) is 0 Å². The molecule has 1 aromatic rings. The molecular formula is C22H31Cl2N3O4S. The zero-order chi connectivity index (χ0) is 23.1. The summed E-state index contributed by atoms with van der Waals surface area (Å²) in [5.74, 6) is 0.268. The van der Waals surface area contributed by atoms with E-state index < -0.39 is 10.0 Å². The molecule has 1 fully saturated rings. The zero-order valence-electron chi connectivity index (χ0n) is 18.2. The summed E-state index contributed by atoms with van der Waals surface area (Å²) in [5.41, 5.74) is 7.47. The number of nitrogens with two attached hydrogens (primary N) is 1. The highest BCUT2D eigenvalue weighted by atomic mass is 35.5. The molecule has 10 heteroatoms. The first-order valence-electron chi connectivity index (χ1n) is 10.7. The number of sulfonamides is 1. The fraction of sp³-hybridized carbons (Fsp3) is 0.545. The molecule has 0 aromatic heterocycles. The molecule has 3 N–H and O–H groups in total. The Hall–Kier alpha value is -0.970. The predicted octanol–water partition coefficient (Wildman–Crippen LogP) is 2.62. The van der Waals surface area contributed by atoms with E-state index in [1.807, 2.05) is 19.2 Å². The van der Waals surface area contributed by atoms with Crippen LogP contribution in [0.2, 0.25) is 0 Å². The molecule has 0 spiro atoms. The van der Waals surface area contributed by atoms with E-state index in [0.29, 0.717) is 37.8 Å². The molecular weight excluding hydrogens is 473 g/mol. The van der Waals surface area contributed by atoms with E-state index in [1.54, 1.807) is 18.2 Å². The van der Waals surface area contributed by atoms with Crippen molar-refractivity contribution in [3.63, 3.8) is 0 Å². The van der Waals surface area contributed by atoms with Gasteiger partial charge in [-0.05, 0) is 48.7 Å². The topological polar surface area (TPSA) is 93.9 Å². The summed E-state index contributed by atoms with van der Waals surface area (Å²) < 4.78 is 38.8. The number of nitrogens with zero attached hydrogens (tertiary/aromatic N) is 1. The van der Waals surface area contributed by atoms with Crippen LogP contribution in [0.4, 0.5) is 0 Å². The average Bonchev–Trinajstić information content (AvgIpc) is 2.76. The SMILES string of the molecule is CN1CC2=C(Cl)C=C(Cl)CC2[C@H](c2cccc(S(=O)(=O)NCCOCCOCCN)c2)C1. The summed E-state index contributed by atoms with van der Waals surface area (Å²) in [7, 11) is -1.61. The molecule has 2 atom stereocenters. The van der Waals surface area contributed by atoms with Crippen molar-refractivity contribution < 1.29 is 17.9 Å². The zero-order valence-corrected chi connectivity index (χ0v) is 20.6. The molecule has 0 radical (unpaired) electrons. The van der Waals surface area contributed by atoms with Crippen molar-refractivity contribution in [2.75, 3.05) is 59.7 Å². The van der Waals surface area contributed by atoms with Gasteiger partial charge in [-0.2, -0.15) is 0 Å². The minimum atomic E-state index is -3.65. The standard InChI is InChI=1S/C22H31Cl2N3O4S/c1-27-14-20(19-12-17(23)13-22(24)21(19)15-27)16-3-2-4-18(11-16)32(28,29)26-6-8-31-10-9-30-7-5-25/h2-4,11,13,19-20,26H,5-10,12,14-15,25H2,1H3/t19?,20-/m0/s1. The molecule has 0 bridgehead atoms. The molecule has 0 amide bonds. The summed E-state index contributed by atoms with van der Waals surface area (Å²) in [6, 6.07) is 7.13. The van der Waals surface area contributed by atoms with Gasteiger partial charge >= 0.3 is 0 Å². The molecule has 3 rings (SSSR count). The largest absolute Gasteiger partial charge is 0.378 e. The van der Waals surface area contributed by atoms with Crippen LogP contribution in [0.3, 0.4) is 0 Å². The van der Waals surface area contributed by atoms with E-state index in [-0.39, 0.29) is 29.9 Å². The summed E-state index contributed by atoms with van der Waals surface area (Å²) in [6.45, 7) is 3.81. The fourth-order valence-corrected chi connectivity index (χ4v) is 5.91. The Labute approximate surface area is 200 Å². The lowest BCUT2D eigenvalue weighted by molar-refractivity contribution is 0.0530. The van der Waals surface area contributed by atoms with Gasteiger partial charge in [-0.3, -0.25) is 0 Å². The summed E-state index contributed by atoms with van der Waals surface area (Å²) in [5, 5.41) is 1.43. The summed E-state index contributed by atoms with van der Waals surface area (Å²) in [6.07, 6.45) is 2.54. The fourth-order valence-electron chi connectivity index (χ4n) is 4.18. The lowest BCUT2D eigenvalue weighted by Crippen LogP contribution is -2.40. The number of piperidine rings is 1. The van der Waals surface area contributed by atoms with Gasteiger partial charge in [-0.25, -0.2) is 13.1 Å².